The molecule has 0 bridgehead atoms. The van der Waals surface area contributed by atoms with Crippen LogP contribution in [0.2, 0.25) is 0 Å². The molecule has 0 atom stereocenters. The Morgan fingerprint density at radius 2 is 2.17 bits per heavy atom. The van der Waals surface area contributed by atoms with Gasteiger partial charge in [0.15, 0.2) is 0 Å². The minimum Gasteiger partial charge on any atom is -0.468 e. The van der Waals surface area contributed by atoms with Crippen molar-refractivity contribution in [3.8, 4) is 0 Å². The third kappa shape index (κ3) is 4.05. The van der Waals surface area contributed by atoms with Crippen molar-refractivity contribution in [3.05, 3.63) is 47.8 Å². The van der Waals surface area contributed by atoms with E-state index in [-0.39, 0.29) is 0 Å². The van der Waals surface area contributed by atoms with E-state index in [4.69, 9.17) is 13.6 Å². The van der Waals surface area contributed by atoms with Gasteiger partial charge in [-0.2, -0.15) is 0 Å². The summed E-state index contributed by atoms with van der Waals surface area (Å²) in [5.74, 6) is 1.88. The van der Waals surface area contributed by atoms with Gasteiger partial charge in [-0.15, -0.1) is 0 Å². The van der Waals surface area contributed by atoms with Crippen molar-refractivity contribution in [3.63, 3.8) is 0 Å². The molecule has 0 fully saturated rings. The quantitative estimate of drug-likeness (QED) is 0.731. The van der Waals surface area contributed by atoms with E-state index in [0.29, 0.717) is 6.61 Å². The average Bonchev–Trinajstić information content (AvgIpc) is 3.00. The summed E-state index contributed by atoms with van der Waals surface area (Å²) in [6, 6.07) is 5.76. The first-order valence-corrected chi connectivity index (χ1v) is 6.20. The van der Waals surface area contributed by atoms with E-state index >= 15 is 0 Å². The Labute approximate surface area is 107 Å². The molecule has 0 radical (unpaired) electrons. The molecule has 0 aliphatic rings. The normalized spacial score (nSPS) is 10.9. The smallest absolute Gasteiger partial charge is 0.129 e. The molecule has 0 saturated carbocycles. The molecule has 98 valence electrons. The van der Waals surface area contributed by atoms with Gasteiger partial charge in [0.05, 0.1) is 19.1 Å². The first kappa shape index (κ1) is 12.9. The van der Waals surface area contributed by atoms with Gasteiger partial charge in [0.2, 0.25) is 0 Å². The lowest BCUT2D eigenvalue weighted by Gasteiger charge is -2.04. The molecule has 2 rings (SSSR count). The van der Waals surface area contributed by atoms with Crippen molar-refractivity contribution in [2.45, 2.75) is 26.5 Å². The molecule has 4 nitrogen and oxygen atoms in total. The fraction of sp³-hybridized carbons (Fsp3) is 0.429. The van der Waals surface area contributed by atoms with Crippen molar-refractivity contribution in [2.75, 3.05) is 13.2 Å². The summed E-state index contributed by atoms with van der Waals surface area (Å²) in [4.78, 5) is 0. The van der Waals surface area contributed by atoms with Crippen LogP contribution in [0.5, 0.6) is 0 Å². The van der Waals surface area contributed by atoms with Crippen LogP contribution in [0.1, 0.15) is 23.5 Å². The molecular formula is C14H19NO3. The van der Waals surface area contributed by atoms with Gasteiger partial charge in [0, 0.05) is 6.61 Å². The Morgan fingerprint density at radius 1 is 1.22 bits per heavy atom. The van der Waals surface area contributed by atoms with E-state index in [1.165, 1.54) is 5.56 Å². The zero-order chi connectivity index (χ0) is 12.6. The summed E-state index contributed by atoms with van der Waals surface area (Å²) < 4.78 is 16.0. The van der Waals surface area contributed by atoms with E-state index in [9.17, 15) is 0 Å². The van der Waals surface area contributed by atoms with Gasteiger partial charge < -0.3 is 18.9 Å². The Hall–Kier alpha value is -1.52. The molecule has 1 N–H and O–H groups in total. The highest BCUT2D eigenvalue weighted by Crippen LogP contribution is 2.07. The minimum absolute atomic E-state index is 0.546. The van der Waals surface area contributed by atoms with Gasteiger partial charge in [-0.25, -0.2) is 0 Å². The van der Waals surface area contributed by atoms with Gasteiger partial charge in [0.25, 0.3) is 0 Å². The van der Waals surface area contributed by atoms with Crippen LogP contribution < -0.4 is 5.32 Å². The fourth-order valence-corrected chi connectivity index (χ4v) is 1.65. The monoisotopic (exact) mass is 249 g/mol. The van der Waals surface area contributed by atoms with Crippen LogP contribution in [0.4, 0.5) is 0 Å². The molecule has 0 unspecified atom stereocenters. The predicted molar refractivity (Wildman–Crippen MR) is 68.1 cm³/mol. The number of hydrogen-bond acceptors (Lipinski definition) is 4. The van der Waals surface area contributed by atoms with Gasteiger partial charge in [0.1, 0.15) is 18.1 Å². The molecule has 2 heterocycles. The van der Waals surface area contributed by atoms with Crippen molar-refractivity contribution >= 4 is 0 Å². The second kappa shape index (κ2) is 7.03. The molecule has 0 aromatic carbocycles. The van der Waals surface area contributed by atoms with Crippen LogP contribution in [-0.4, -0.2) is 13.2 Å². The highest BCUT2D eigenvalue weighted by Gasteiger charge is 2.00. The zero-order valence-corrected chi connectivity index (χ0v) is 10.6. The third-order valence-electron chi connectivity index (χ3n) is 2.72. The summed E-state index contributed by atoms with van der Waals surface area (Å²) in [7, 11) is 0. The first-order chi connectivity index (χ1) is 8.86. The Kier molecular flexibility index (Phi) is 5.05. The maximum absolute atomic E-state index is 5.48. The molecule has 2 aromatic rings. The first-order valence-electron chi connectivity index (χ1n) is 6.20. The van der Waals surface area contributed by atoms with Crippen LogP contribution in [0.25, 0.3) is 0 Å². The molecule has 0 amide bonds. The number of ether oxygens (including phenoxy) is 1. The standard InChI is InChI=1S/C14H19NO3/c1-12-5-9-18-14(12)10-15-6-3-7-16-11-13-4-2-8-17-13/h2,4-5,8-9,15H,3,6-7,10-11H2,1H3. The molecule has 18 heavy (non-hydrogen) atoms. The number of rotatable bonds is 8. The van der Waals surface area contributed by atoms with Crippen LogP contribution >= 0.6 is 0 Å². The van der Waals surface area contributed by atoms with Crippen LogP contribution in [0.15, 0.2) is 39.6 Å². The SMILES string of the molecule is Cc1ccoc1CNCCCOCc1ccco1. The lowest BCUT2D eigenvalue weighted by Crippen LogP contribution is -2.16. The number of nitrogens with one attached hydrogen (secondary N) is 1. The summed E-state index contributed by atoms with van der Waals surface area (Å²) >= 11 is 0. The van der Waals surface area contributed by atoms with Crippen LogP contribution in [-0.2, 0) is 17.9 Å². The lowest BCUT2D eigenvalue weighted by atomic mass is 10.3. The number of furan rings is 2. The van der Waals surface area contributed by atoms with E-state index in [2.05, 4.69) is 5.32 Å². The van der Waals surface area contributed by atoms with Crippen molar-refractivity contribution < 1.29 is 13.6 Å². The molecule has 4 heteroatoms. The summed E-state index contributed by atoms with van der Waals surface area (Å²) in [5.41, 5.74) is 1.19. The van der Waals surface area contributed by atoms with Gasteiger partial charge in [-0.3, -0.25) is 0 Å². The summed E-state index contributed by atoms with van der Waals surface area (Å²) in [5, 5.41) is 3.33. The second-order valence-electron chi connectivity index (χ2n) is 4.19. The molecule has 0 aliphatic heterocycles. The highest BCUT2D eigenvalue weighted by molar-refractivity contribution is 5.13. The van der Waals surface area contributed by atoms with E-state index in [0.717, 1.165) is 37.6 Å². The maximum Gasteiger partial charge on any atom is 0.129 e. The Balaban J connectivity index is 1.48. The average molecular weight is 249 g/mol. The Bertz CT molecular complexity index is 434. The van der Waals surface area contributed by atoms with Crippen LogP contribution in [0.3, 0.4) is 0 Å². The van der Waals surface area contributed by atoms with E-state index in [1.807, 2.05) is 25.1 Å². The molecule has 2 aromatic heterocycles. The molecule has 0 spiro atoms. The largest absolute Gasteiger partial charge is 0.468 e. The topological polar surface area (TPSA) is 47.5 Å². The number of aryl methyl sites for hydroxylation is 1. The van der Waals surface area contributed by atoms with Gasteiger partial charge >= 0.3 is 0 Å². The Morgan fingerprint density at radius 3 is 2.89 bits per heavy atom. The zero-order valence-electron chi connectivity index (χ0n) is 10.6. The van der Waals surface area contributed by atoms with Crippen molar-refractivity contribution in [1.82, 2.24) is 5.32 Å². The summed E-state index contributed by atoms with van der Waals surface area (Å²) in [6.45, 7) is 5.01. The molecular weight excluding hydrogens is 230 g/mol. The third-order valence-corrected chi connectivity index (χ3v) is 2.72. The van der Waals surface area contributed by atoms with Crippen LogP contribution in [0, 0.1) is 6.92 Å². The highest BCUT2D eigenvalue weighted by atomic mass is 16.5. The maximum atomic E-state index is 5.48. The molecule has 0 aliphatic carbocycles. The fourth-order valence-electron chi connectivity index (χ4n) is 1.65. The second-order valence-corrected chi connectivity index (χ2v) is 4.19. The minimum atomic E-state index is 0.546. The number of hydrogen-bond donors (Lipinski definition) is 1. The van der Waals surface area contributed by atoms with Crippen molar-refractivity contribution in [2.24, 2.45) is 0 Å². The van der Waals surface area contributed by atoms with E-state index < -0.39 is 0 Å². The van der Waals surface area contributed by atoms with Gasteiger partial charge in [-0.1, -0.05) is 0 Å². The van der Waals surface area contributed by atoms with E-state index in [1.54, 1.807) is 12.5 Å². The summed E-state index contributed by atoms with van der Waals surface area (Å²) in [6.07, 6.45) is 4.35. The predicted octanol–water partition coefficient (Wildman–Crippen LogP) is 2.88. The molecule has 0 saturated heterocycles. The van der Waals surface area contributed by atoms with Gasteiger partial charge in [-0.05, 0) is 43.7 Å². The van der Waals surface area contributed by atoms with Crippen molar-refractivity contribution in [1.29, 1.82) is 0 Å². The lowest BCUT2D eigenvalue weighted by molar-refractivity contribution is 0.104.